The maximum absolute atomic E-state index is 12.5. The summed E-state index contributed by atoms with van der Waals surface area (Å²) in [6.07, 6.45) is 1.29. The van der Waals surface area contributed by atoms with Crippen LogP contribution in [0.2, 0.25) is 10.0 Å². The normalized spacial score (nSPS) is 14.7. The van der Waals surface area contributed by atoms with Crippen molar-refractivity contribution < 1.29 is 14.3 Å². The van der Waals surface area contributed by atoms with Crippen molar-refractivity contribution in [3.05, 3.63) is 58.1 Å². The summed E-state index contributed by atoms with van der Waals surface area (Å²) in [5.41, 5.74) is 1.10. The van der Waals surface area contributed by atoms with Crippen LogP contribution >= 0.6 is 23.2 Å². The molecule has 0 radical (unpaired) electrons. The number of amides is 2. The van der Waals surface area contributed by atoms with E-state index in [-0.39, 0.29) is 11.8 Å². The second-order valence-electron chi connectivity index (χ2n) is 6.40. The first-order chi connectivity index (χ1) is 12.9. The van der Waals surface area contributed by atoms with Crippen LogP contribution in [0.3, 0.4) is 0 Å². The molecule has 7 heteroatoms. The Morgan fingerprint density at radius 3 is 2.56 bits per heavy atom. The molecule has 0 bridgehead atoms. The molecule has 0 spiro atoms. The fourth-order valence-corrected chi connectivity index (χ4v) is 3.34. The van der Waals surface area contributed by atoms with Gasteiger partial charge in [0.1, 0.15) is 5.75 Å². The summed E-state index contributed by atoms with van der Waals surface area (Å²) >= 11 is 11.9. The van der Waals surface area contributed by atoms with E-state index >= 15 is 0 Å². The van der Waals surface area contributed by atoms with Gasteiger partial charge in [0.2, 0.25) is 0 Å². The smallest absolute Gasteiger partial charge is 0.265 e. The average Bonchev–Trinajstić information content (AvgIpc) is 3.18. The number of halogens is 2. The molecule has 0 aromatic heterocycles. The van der Waals surface area contributed by atoms with Gasteiger partial charge >= 0.3 is 0 Å². The number of benzene rings is 2. The molecule has 0 saturated carbocycles. The molecule has 0 aliphatic carbocycles. The van der Waals surface area contributed by atoms with Crippen LogP contribution in [0.4, 0.5) is 5.69 Å². The summed E-state index contributed by atoms with van der Waals surface area (Å²) in [6.45, 7) is 3.18. The summed E-state index contributed by atoms with van der Waals surface area (Å²) in [4.78, 5) is 26.7. The number of carbonyl (C=O) groups is 2. The van der Waals surface area contributed by atoms with Crippen LogP contribution in [0, 0.1) is 0 Å². The molecule has 1 aliphatic heterocycles. The number of carbonyl (C=O) groups excluding carboxylic acids is 2. The second kappa shape index (κ2) is 8.63. The SMILES string of the molecule is CC(Oc1ccc(Cl)cc1Cl)C(=O)Nc1cccc(C(=O)N2CCCC2)c1. The third-order valence-electron chi connectivity index (χ3n) is 4.34. The summed E-state index contributed by atoms with van der Waals surface area (Å²) in [5, 5.41) is 3.60. The quantitative estimate of drug-likeness (QED) is 0.786. The first-order valence-electron chi connectivity index (χ1n) is 8.76. The zero-order valence-corrected chi connectivity index (χ0v) is 16.4. The second-order valence-corrected chi connectivity index (χ2v) is 7.25. The molecule has 3 rings (SSSR count). The summed E-state index contributed by atoms with van der Waals surface area (Å²) in [7, 11) is 0. The summed E-state index contributed by atoms with van der Waals surface area (Å²) in [5.74, 6) is 0.0225. The first-order valence-corrected chi connectivity index (χ1v) is 9.51. The van der Waals surface area contributed by atoms with Crippen molar-refractivity contribution in [3.63, 3.8) is 0 Å². The molecule has 2 aromatic rings. The number of ether oxygens (including phenoxy) is 1. The predicted molar refractivity (Wildman–Crippen MR) is 107 cm³/mol. The molecule has 1 saturated heterocycles. The highest BCUT2D eigenvalue weighted by molar-refractivity contribution is 6.35. The Hall–Kier alpha value is -2.24. The van der Waals surface area contributed by atoms with E-state index in [0.717, 1.165) is 25.9 Å². The van der Waals surface area contributed by atoms with Gasteiger partial charge in [-0.1, -0.05) is 29.3 Å². The highest BCUT2D eigenvalue weighted by Gasteiger charge is 2.21. The van der Waals surface area contributed by atoms with Crippen molar-refractivity contribution in [2.45, 2.75) is 25.9 Å². The van der Waals surface area contributed by atoms with E-state index in [1.165, 1.54) is 0 Å². The van der Waals surface area contributed by atoms with E-state index in [4.69, 9.17) is 27.9 Å². The lowest BCUT2D eigenvalue weighted by Gasteiger charge is -2.17. The van der Waals surface area contributed by atoms with E-state index in [0.29, 0.717) is 27.0 Å². The van der Waals surface area contributed by atoms with Gasteiger partial charge in [-0.25, -0.2) is 0 Å². The van der Waals surface area contributed by atoms with Crippen LogP contribution < -0.4 is 10.1 Å². The van der Waals surface area contributed by atoms with Crippen molar-refractivity contribution in [2.24, 2.45) is 0 Å². The number of anilines is 1. The zero-order chi connectivity index (χ0) is 19.4. The molecule has 1 aliphatic rings. The summed E-state index contributed by atoms with van der Waals surface area (Å²) in [6, 6.07) is 11.7. The van der Waals surface area contributed by atoms with Gasteiger partial charge in [-0.3, -0.25) is 9.59 Å². The molecule has 1 N–H and O–H groups in total. The van der Waals surface area contributed by atoms with Gasteiger partial charge in [0, 0.05) is 29.4 Å². The molecular formula is C20H20Cl2N2O3. The Kier molecular flexibility index (Phi) is 6.24. The van der Waals surface area contributed by atoms with Crippen LogP contribution in [-0.4, -0.2) is 35.9 Å². The van der Waals surface area contributed by atoms with E-state index in [1.54, 1.807) is 49.4 Å². The van der Waals surface area contributed by atoms with Crippen molar-refractivity contribution in [3.8, 4) is 5.75 Å². The largest absolute Gasteiger partial charge is 0.479 e. The molecule has 27 heavy (non-hydrogen) atoms. The predicted octanol–water partition coefficient (Wildman–Crippen LogP) is 4.64. The summed E-state index contributed by atoms with van der Waals surface area (Å²) < 4.78 is 5.62. The topological polar surface area (TPSA) is 58.6 Å². The minimum atomic E-state index is -0.776. The molecule has 142 valence electrons. The third-order valence-corrected chi connectivity index (χ3v) is 4.87. The van der Waals surface area contributed by atoms with Gasteiger partial charge in [0.25, 0.3) is 11.8 Å². The van der Waals surface area contributed by atoms with Crippen molar-refractivity contribution >= 4 is 40.7 Å². The number of likely N-dealkylation sites (tertiary alicyclic amines) is 1. The van der Waals surface area contributed by atoms with Crippen LogP contribution in [0.5, 0.6) is 5.75 Å². The number of rotatable bonds is 5. The van der Waals surface area contributed by atoms with Crippen molar-refractivity contribution in [1.29, 1.82) is 0 Å². The Balaban J connectivity index is 1.64. The maximum Gasteiger partial charge on any atom is 0.265 e. The fourth-order valence-electron chi connectivity index (χ4n) is 2.89. The Labute approximate surface area is 168 Å². The molecule has 5 nitrogen and oxygen atoms in total. The van der Waals surface area contributed by atoms with Gasteiger partial charge < -0.3 is 15.0 Å². The van der Waals surface area contributed by atoms with Gasteiger partial charge in [-0.15, -0.1) is 0 Å². The standard InChI is InChI=1S/C20H20Cl2N2O3/c1-13(27-18-8-7-15(21)12-17(18)22)19(25)23-16-6-4-5-14(11-16)20(26)24-9-2-3-10-24/h4-8,11-13H,2-3,9-10H2,1H3,(H,23,25). The first kappa shape index (κ1) is 19.5. The lowest BCUT2D eigenvalue weighted by Crippen LogP contribution is -2.30. The van der Waals surface area contributed by atoms with Gasteiger partial charge in [0.05, 0.1) is 5.02 Å². The minimum absolute atomic E-state index is 0.0131. The van der Waals surface area contributed by atoms with E-state index < -0.39 is 6.10 Å². The molecule has 1 atom stereocenters. The molecular weight excluding hydrogens is 387 g/mol. The van der Waals surface area contributed by atoms with Crippen molar-refractivity contribution in [2.75, 3.05) is 18.4 Å². The zero-order valence-electron chi connectivity index (χ0n) is 14.9. The number of nitrogens with zero attached hydrogens (tertiary/aromatic N) is 1. The van der Waals surface area contributed by atoms with Crippen LogP contribution in [-0.2, 0) is 4.79 Å². The minimum Gasteiger partial charge on any atom is -0.479 e. The highest BCUT2D eigenvalue weighted by Crippen LogP contribution is 2.28. The molecule has 1 heterocycles. The Bertz CT molecular complexity index is 851. The van der Waals surface area contributed by atoms with Crippen LogP contribution in [0.1, 0.15) is 30.1 Å². The van der Waals surface area contributed by atoms with Gasteiger partial charge in [0.15, 0.2) is 6.10 Å². The lowest BCUT2D eigenvalue weighted by atomic mass is 10.1. The Morgan fingerprint density at radius 2 is 1.85 bits per heavy atom. The van der Waals surface area contributed by atoms with Gasteiger partial charge in [-0.05, 0) is 56.2 Å². The third kappa shape index (κ3) is 4.93. The molecule has 1 unspecified atom stereocenters. The van der Waals surface area contributed by atoms with Crippen molar-refractivity contribution in [1.82, 2.24) is 4.90 Å². The monoisotopic (exact) mass is 406 g/mol. The highest BCUT2D eigenvalue weighted by atomic mass is 35.5. The Morgan fingerprint density at radius 1 is 1.11 bits per heavy atom. The molecule has 1 fully saturated rings. The van der Waals surface area contributed by atoms with E-state index in [9.17, 15) is 9.59 Å². The van der Waals surface area contributed by atoms with E-state index in [1.807, 2.05) is 4.90 Å². The maximum atomic E-state index is 12.5. The van der Waals surface area contributed by atoms with E-state index in [2.05, 4.69) is 5.32 Å². The number of hydrogen-bond acceptors (Lipinski definition) is 3. The number of hydrogen-bond donors (Lipinski definition) is 1. The lowest BCUT2D eigenvalue weighted by molar-refractivity contribution is -0.122. The molecule has 2 aromatic carbocycles. The van der Waals surface area contributed by atoms with Crippen LogP contribution in [0.25, 0.3) is 0 Å². The van der Waals surface area contributed by atoms with Gasteiger partial charge in [-0.2, -0.15) is 0 Å². The fraction of sp³-hybridized carbons (Fsp3) is 0.300. The van der Waals surface area contributed by atoms with Crippen LogP contribution in [0.15, 0.2) is 42.5 Å². The number of nitrogens with one attached hydrogen (secondary N) is 1. The molecule has 2 amide bonds. The average molecular weight is 407 g/mol.